The molecule has 0 spiro atoms. The van der Waals surface area contributed by atoms with Crippen LogP contribution < -0.4 is 0 Å². The molecule has 0 bridgehead atoms. The predicted octanol–water partition coefficient (Wildman–Crippen LogP) is 4.16. The zero-order chi connectivity index (χ0) is 13.0. The first-order valence-corrected chi connectivity index (χ1v) is 6.08. The highest BCUT2D eigenvalue weighted by Crippen LogP contribution is 2.36. The molecular formula is C17H9NO. The molecule has 4 aromatic rings. The number of nitriles is 1. The first-order chi connectivity index (χ1) is 9.26. The molecule has 0 aliphatic carbocycles. The lowest BCUT2D eigenvalue weighted by atomic mass is 9.93. The fraction of sp³-hybridized carbons (Fsp3) is 0. The lowest BCUT2D eigenvalue weighted by molar-refractivity contribution is 0.477. The van der Waals surface area contributed by atoms with Crippen LogP contribution in [0.2, 0.25) is 0 Å². The lowest BCUT2D eigenvalue weighted by Gasteiger charge is -2.11. The van der Waals surface area contributed by atoms with Crippen molar-refractivity contribution in [2.24, 2.45) is 0 Å². The fourth-order valence-corrected chi connectivity index (χ4v) is 2.89. The topological polar surface area (TPSA) is 44.0 Å². The van der Waals surface area contributed by atoms with Crippen LogP contribution in [0.1, 0.15) is 5.56 Å². The van der Waals surface area contributed by atoms with E-state index in [0.29, 0.717) is 5.56 Å². The number of hydrogen-bond acceptors (Lipinski definition) is 2. The third-order valence-corrected chi connectivity index (χ3v) is 3.65. The first kappa shape index (κ1) is 10.2. The molecular weight excluding hydrogens is 234 g/mol. The molecule has 0 saturated heterocycles. The van der Waals surface area contributed by atoms with E-state index in [4.69, 9.17) is 5.26 Å². The Morgan fingerprint density at radius 3 is 1.58 bits per heavy atom. The minimum Gasteiger partial charge on any atom is -0.508 e. The molecule has 0 aromatic heterocycles. The summed E-state index contributed by atoms with van der Waals surface area (Å²) in [5.41, 5.74) is 0.675. The van der Waals surface area contributed by atoms with Crippen molar-refractivity contribution >= 4 is 32.3 Å². The number of phenolic OH excluding ortho intramolecular Hbond substituents is 1. The van der Waals surface area contributed by atoms with Gasteiger partial charge in [0.1, 0.15) is 5.75 Å². The Hall–Kier alpha value is -2.79. The van der Waals surface area contributed by atoms with Gasteiger partial charge in [-0.2, -0.15) is 5.26 Å². The third-order valence-electron chi connectivity index (χ3n) is 3.65. The molecule has 2 nitrogen and oxygen atoms in total. The summed E-state index contributed by atoms with van der Waals surface area (Å²) in [6, 6.07) is 17.6. The Morgan fingerprint density at radius 2 is 1.16 bits per heavy atom. The van der Waals surface area contributed by atoms with Crippen LogP contribution in [0.25, 0.3) is 32.3 Å². The Morgan fingerprint density at radius 1 is 0.737 bits per heavy atom. The van der Waals surface area contributed by atoms with E-state index in [-0.39, 0.29) is 5.75 Å². The van der Waals surface area contributed by atoms with Crippen LogP contribution in [0.15, 0.2) is 48.5 Å². The molecule has 0 heterocycles. The molecule has 0 amide bonds. The van der Waals surface area contributed by atoms with Crippen LogP contribution in [0.4, 0.5) is 0 Å². The van der Waals surface area contributed by atoms with Gasteiger partial charge in [0.15, 0.2) is 0 Å². The van der Waals surface area contributed by atoms with Gasteiger partial charge in [0.2, 0.25) is 0 Å². The molecule has 4 aromatic carbocycles. The summed E-state index contributed by atoms with van der Waals surface area (Å²) in [7, 11) is 0. The van der Waals surface area contributed by atoms with E-state index in [9.17, 15) is 5.11 Å². The van der Waals surface area contributed by atoms with Crippen LogP contribution in [-0.2, 0) is 0 Å². The molecule has 1 N–H and O–H groups in total. The first-order valence-electron chi connectivity index (χ1n) is 6.08. The van der Waals surface area contributed by atoms with Crippen molar-refractivity contribution in [3.63, 3.8) is 0 Å². The lowest BCUT2D eigenvalue weighted by Crippen LogP contribution is -1.85. The van der Waals surface area contributed by atoms with Crippen molar-refractivity contribution in [1.82, 2.24) is 0 Å². The molecule has 2 heteroatoms. The van der Waals surface area contributed by atoms with Gasteiger partial charge in [-0.25, -0.2) is 0 Å². The summed E-state index contributed by atoms with van der Waals surface area (Å²) in [4.78, 5) is 0. The zero-order valence-corrected chi connectivity index (χ0v) is 10.0. The largest absolute Gasteiger partial charge is 0.508 e. The van der Waals surface area contributed by atoms with E-state index >= 15 is 0 Å². The van der Waals surface area contributed by atoms with Gasteiger partial charge >= 0.3 is 0 Å². The normalized spacial score (nSPS) is 11.3. The molecule has 0 fully saturated rings. The molecule has 0 saturated carbocycles. The minimum absolute atomic E-state index is 0.281. The average molecular weight is 243 g/mol. The van der Waals surface area contributed by atoms with E-state index in [0.717, 1.165) is 32.3 Å². The Bertz CT molecular complexity index is 912. The van der Waals surface area contributed by atoms with Gasteiger partial charge in [-0.05, 0) is 56.6 Å². The predicted molar refractivity (Wildman–Crippen MR) is 76.5 cm³/mol. The van der Waals surface area contributed by atoms with Crippen LogP contribution in [0.5, 0.6) is 5.75 Å². The number of nitrogens with zero attached hydrogens (tertiary/aromatic N) is 1. The summed E-state index contributed by atoms with van der Waals surface area (Å²) < 4.78 is 0. The van der Waals surface area contributed by atoms with Gasteiger partial charge in [-0.15, -0.1) is 0 Å². The number of phenols is 1. The van der Waals surface area contributed by atoms with Crippen LogP contribution >= 0.6 is 0 Å². The average Bonchev–Trinajstić information content (AvgIpc) is 2.43. The van der Waals surface area contributed by atoms with Crippen molar-refractivity contribution < 1.29 is 5.11 Å². The van der Waals surface area contributed by atoms with Gasteiger partial charge in [0.05, 0.1) is 11.6 Å². The van der Waals surface area contributed by atoms with Crippen molar-refractivity contribution in [3.8, 4) is 11.8 Å². The van der Waals surface area contributed by atoms with Gasteiger partial charge in [0, 0.05) is 0 Å². The maximum atomic E-state index is 9.74. The molecule has 0 radical (unpaired) electrons. The van der Waals surface area contributed by atoms with E-state index in [1.165, 1.54) is 0 Å². The van der Waals surface area contributed by atoms with Gasteiger partial charge < -0.3 is 5.11 Å². The van der Waals surface area contributed by atoms with Crippen molar-refractivity contribution in [3.05, 3.63) is 54.1 Å². The van der Waals surface area contributed by atoms with Crippen LogP contribution in [0, 0.1) is 11.3 Å². The quantitative estimate of drug-likeness (QED) is 0.471. The van der Waals surface area contributed by atoms with E-state index in [1.807, 2.05) is 36.4 Å². The monoisotopic (exact) mass is 243 g/mol. The molecule has 19 heavy (non-hydrogen) atoms. The Labute approximate surface area is 109 Å². The maximum absolute atomic E-state index is 9.74. The molecule has 0 aliphatic heterocycles. The van der Waals surface area contributed by atoms with Crippen LogP contribution in [-0.4, -0.2) is 5.11 Å². The highest BCUT2D eigenvalue weighted by atomic mass is 16.3. The van der Waals surface area contributed by atoms with Crippen LogP contribution in [0.3, 0.4) is 0 Å². The van der Waals surface area contributed by atoms with Gasteiger partial charge in [-0.1, -0.05) is 24.3 Å². The summed E-state index contributed by atoms with van der Waals surface area (Å²) in [5, 5.41) is 25.3. The number of benzene rings is 4. The smallest absolute Gasteiger partial charge is 0.116 e. The summed E-state index contributed by atoms with van der Waals surface area (Å²) in [5.74, 6) is 0.281. The summed E-state index contributed by atoms with van der Waals surface area (Å²) in [6.45, 7) is 0. The standard InChI is InChI=1S/C17H9NO/c18-9-10-5-11-1-3-13-7-15(19)8-14-4-2-12(6-10)16(11)17(13)14/h1-8,19H. The second-order valence-corrected chi connectivity index (χ2v) is 4.81. The van der Waals surface area contributed by atoms with Crippen molar-refractivity contribution in [2.45, 2.75) is 0 Å². The SMILES string of the molecule is N#Cc1cc2ccc3cc(O)cc4ccc(c1)c2c34. The molecule has 0 unspecified atom stereocenters. The highest BCUT2D eigenvalue weighted by molar-refractivity contribution is 6.23. The minimum atomic E-state index is 0.281. The van der Waals surface area contributed by atoms with Gasteiger partial charge in [0.25, 0.3) is 0 Å². The second-order valence-electron chi connectivity index (χ2n) is 4.81. The summed E-state index contributed by atoms with van der Waals surface area (Å²) >= 11 is 0. The van der Waals surface area contributed by atoms with E-state index < -0.39 is 0 Å². The Kier molecular flexibility index (Phi) is 1.80. The number of aromatic hydroxyl groups is 1. The molecule has 4 rings (SSSR count). The van der Waals surface area contributed by atoms with Crippen molar-refractivity contribution in [2.75, 3.05) is 0 Å². The highest BCUT2D eigenvalue weighted by Gasteiger charge is 2.09. The van der Waals surface area contributed by atoms with Gasteiger partial charge in [-0.3, -0.25) is 0 Å². The fourth-order valence-electron chi connectivity index (χ4n) is 2.89. The summed E-state index contributed by atoms with van der Waals surface area (Å²) in [6.07, 6.45) is 0. The van der Waals surface area contributed by atoms with Crippen molar-refractivity contribution in [1.29, 1.82) is 5.26 Å². The maximum Gasteiger partial charge on any atom is 0.116 e. The molecule has 0 aliphatic rings. The molecule has 0 atom stereocenters. The Balaban J connectivity index is 2.36. The van der Waals surface area contributed by atoms with E-state index in [2.05, 4.69) is 6.07 Å². The third kappa shape index (κ3) is 1.30. The zero-order valence-electron chi connectivity index (χ0n) is 10.0. The van der Waals surface area contributed by atoms with E-state index in [1.54, 1.807) is 12.1 Å². The number of rotatable bonds is 0. The second kappa shape index (κ2) is 3.37. The molecule has 88 valence electrons. The number of hydrogen-bond donors (Lipinski definition) is 1.